The molecule has 0 spiro atoms. The van der Waals surface area contributed by atoms with E-state index >= 15 is 0 Å². The van der Waals surface area contributed by atoms with Crippen molar-refractivity contribution >= 4 is 42.3 Å². The highest BCUT2D eigenvalue weighted by atomic mass is 35.5. The van der Waals surface area contributed by atoms with Gasteiger partial charge in [-0.05, 0) is 61.1 Å². The van der Waals surface area contributed by atoms with Gasteiger partial charge in [0.05, 0.1) is 12.5 Å². The first kappa shape index (κ1) is 34.8. The molecule has 0 saturated carbocycles. The molecule has 0 radical (unpaired) electrons. The predicted molar refractivity (Wildman–Crippen MR) is 178 cm³/mol. The number of hydrogen-bond donors (Lipinski definition) is 3. The second-order valence-electron chi connectivity index (χ2n) is 10.8. The number of amides is 2. The van der Waals surface area contributed by atoms with Gasteiger partial charge >= 0.3 is 0 Å². The van der Waals surface area contributed by atoms with Gasteiger partial charge in [-0.15, -0.1) is 24.8 Å². The summed E-state index contributed by atoms with van der Waals surface area (Å²) in [5, 5.41) is 16.6. The van der Waals surface area contributed by atoms with Crippen molar-refractivity contribution in [2.24, 2.45) is 0 Å². The minimum absolute atomic E-state index is 0. The third-order valence-corrected chi connectivity index (χ3v) is 7.71. The van der Waals surface area contributed by atoms with Gasteiger partial charge in [0.25, 0.3) is 0 Å². The van der Waals surface area contributed by atoms with Crippen molar-refractivity contribution in [2.45, 2.75) is 44.2 Å². The molecule has 5 rings (SSSR count). The number of aliphatic hydroxyl groups is 1. The molecule has 2 atom stereocenters. The van der Waals surface area contributed by atoms with E-state index in [2.05, 4.69) is 15.6 Å². The zero-order valence-electron chi connectivity index (χ0n) is 24.7. The molecular formula is C34H41Cl2N5O3. The number of nitrogens with one attached hydrogen (secondary N) is 2. The Bertz CT molecular complexity index is 1430. The smallest absolute Gasteiger partial charge is 0.250 e. The molecule has 2 amide bonds. The molecule has 10 heteroatoms. The summed E-state index contributed by atoms with van der Waals surface area (Å²) in [4.78, 5) is 33.2. The highest BCUT2D eigenvalue weighted by Gasteiger charge is 2.30. The normalized spacial score (nSPS) is 14.1. The number of hydrogen-bond acceptors (Lipinski definition) is 5. The maximum absolute atomic E-state index is 13.7. The molecule has 44 heavy (non-hydrogen) atoms. The first-order valence-electron chi connectivity index (χ1n) is 14.8. The number of carbonyl (C=O) groups is 2. The molecular weight excluding hydrogens is 597 g/mol. The van der Waals surface area contributed by atoms with Crippen molar-refractivity contribution in [1.29, 1.82) is 0 Å². The van der Waals surface area contributed by atoms with Gasteiger partial charge < -0.3 is 25.2 Å². The lowest BCUT2D eigenvalue weighted by Crippen LogP contribution is -2.41. The zero-order valence-corrected chi connectivity index (χ0v) is 26.3. The molecule has 4 aromatic rings. The Kier molecular flexibility index (Phi) is 13.9. The molecule has 0 aliphatic carbocycles. The highest BCUT2D eigenvalue weighted by Crippen LogP contribution is 2.25. The molecule has 3 N–H and O–H groups in total. The quantitative estimate of drug-likeness (QED) is 0.181. The summed E-state index contributed by atoms with van der Waals surface area (Å²) in [7, 11) is 0. The number of likely N-dealkylation sites (tertiary alicyclic amines) is 1. The van der Waals surface area contributed by atoms with Gasteiger partial charge in [-0.2, -0.15) is 0 Å². The largest absolute Gasteiger partial charge is 0.387 e. The summed E-state index contributed by atoms with van der Waals surface area (Å²) < 4.78 is 1.84. The van der Waals surface area contributed by atoms with Gasteiger partial charge in [0.15, 0.2) is 0 Å². The monoisotopic (exact) mass is 637 g/mol. The van der Waals surface area contributed by atoms with Crippen LogP contribution in [0, 0.1) is 0 Å². The molecule has 234 valence electrons. The Labute approximate surface area is 271 Å². The van der Waals surface area contributed by atoms with Crippen LogP contribution in [0.3, 0.4) is 0 Å². The number of nitrogens with zero attached hydrogens (tertiary/aromatic N) is 3. The Morgan fingerprint density at radius 3 is 2.14 bits per heavy atom. The van der Waals surface area contributed by atoms with Crippen LogP contribution < -0.4 is 10.6 Å². The van der Waals surface area contributed by atoms with E-state index in [1.165, 1.54) is 0 Å². The minimum atomic E-state index is -0.559. The van der Waals surface area contributed by atoms with Crippen molar-refractivity contribution < 1.29 is 14.7 Å². The fraction of sp³-hybridized carbons (Fsp3) is 0.324. The third-order valence-electron chi connectivity index (χ3n) is 7.71. The molecule has 1 aliphatic rings. The molecule has 1 aliphatic heterocycles. The van der Waals surface area contributed by atoms with E-state index in [4.69, 9.17) is 0 Å². The van der Waals surface area contributed by atoms with Gasteiger partial charge in [0, 0.05) is 37.7 Å². The first-order valence-corrected chi connectivity index (χ1v) is 14.8. The molecule has 1 fully saturated rings. The van der Waals surface area contributed by atoms with Crippen LogP contribution in [0.15, 0.2) is 97.3 Å². The standard InChI is InChI=1S/C34H39N5O3.2ClH/c40-30(27-10-4-1-5-11-27)25-35-19-18-26-14-16-29(17-15-26)37-32(41)24-31-36-20-23-39(31)33(28-12-6-2-7-13-28)34(42)38-21-8-3-9-22-38;;/h1-2,4-7,10-17,20,23,30,33,35,40H,3,8-9,18-19,21-22,24-25H2,(H,37,41);2*1H/t30-,33?;;/m0../s1. The van der Waals surface area contributed by atoms with Gasteiger partial charge in [-0.25, -0.2) is 4.98 Å². The lowest BCUT2D eigenvalue weighted by atomic mass is 10.0. The number of halogens is 2. The lowest BCUT2D eigenvalue weighted by molar-refractivity contribution is -0.134. The van der Waals surface area contributed by atoms with Gasteiger partial charge in [-0.3, -0.25) is 9.59 Å². The Morgan fingerprint density at radius 1 is 0.841 bits per heavy atom. The van der Waals surface area contributed by atoms with Crippen LogP contribution >= 0.6 is 24.8 Å². The van der Waals surface area contributed by atoms with E-state index in [9.17, 15) is 14.7 Å². The SMILES string of the molecule is Cl.Cl.O=C(Cc1nccn1C(C(=O)N1CCCCC1)c1ccccc1)Nc1ccc(CCNC[C@H](O)c2ccccc2)cc1. The molecule has 1 unspecified atom stereocenters. The van der Waals surface area contributed by atoms with E-state index in [0.717, 1.165) is 62.0 Å². The van der Waals surface area contributed by atoms with Crippen LogP contribution in [0.5, 0.6) is 0 Å². The summed E-state index contributed by atoms with van der Waals surface area (Å²) in [6, 6.07) is 26.6. The molecule has 3 aromatic carbocycles. The second-order valence-corrected chi connectivity index (χ2v) is 10.8. The van der Waals surface area contributed by atoms with Crippen LogP contribution in [-0.4, -0.2) is 57.6 Å². The summed E-state index contributed by atoms with van der Waals surface area (Å²) >= 11 is 0. The molecule has 0 bridgehead atoms. The number of imidazole rings is 1. The topological polar surface area (TPSA) is 99.5 Å². The van der Waals surface area contributed by atoms with E-state index in [1.807, 2.05) is 94.4 Å². The van der Waals surface area contributed by atoms with Crippen LogP contribution in [0.4, 0.5) is 5.69 Å². The zero-order chi connectivity index (χ0) is 29.1. The molecule has 1 saturated heterocycles. The summed E-state index contributed by atoms with van der Waals surface area (Å²) in [6.07, 6.45) is 6.95. The molecule has 8 nitrogen and oxygen atoms in total. The molecule has 2 heterocycles. The van der Waals surface area contributed by atoms with Crippen molar-refractivity contribution in [3.05, 3.63) is 120 Å². The maximum Gasteiger partial charge on any atom is 0.250 e. The third kappa shape index (κ3) is 9.40. The van der Waals surface area contributed by atoms with Crippen molar-refractivity contribution in [2.75, 3.05) is 31.5 Å². The summed E-state index contributed by atoms with van der Waals surface area (Å²) in [6.45, 7) is 2.74. The number of aromatic nitrogens is 2. The van der Waals surface area contributed by atoms with E-state index in [-0.39, 0.29) is 43.0 Å². The predicted octanol–water partition coefficient (Wildman–Crippen LogP) is 5.38. The average molecular weight is 639 g/mol. The number of carbonyl (C=O) groups excluding carboxylic acids is 2. The Morgan fingerprint density at radius 2 is 1.48 bits per heavy atom. The lowest BCUT2D eigenvalue weighted by Gasteiger charge is -2.31. The maximum atomic E-state index is 13.7. The first-order chi connectivity index (χ1) is 20.6. The number of piperidine rings is 1. The van der Waals surface area contributed by atoms with Gasteiger partial charge in [-0.1, -0.05) is 72.8 Å². The number of benzene rings is 3. The van der Waals surface area contributed by atoms with Crippen molar-refractivity contribution in [3.8, 4) is 0 Å². The number of rotatable bonds is 12. The average Bonchev–Trinajstić information content (AvgIpc) is 3.48. The van der Waals surface area contributed by atoms with Crippen LogP contribution in [0.2, 0.25) is 0 Å². The number of anilines is 1. The Hall–Kier alpha value is -3.69. The fourth-order valence-corrected chi connectivity index (χ4v) is 5.43. The van der Waals surface area contributed by atoms with Crippen molar-refractivity contribution in [1.82, 2.24) is 19.8 Å². The number of aliphatic hydroxyl groups excluding tert-OH is 1. The van der Waals surface area contributed by atoms with Gasteiger partial charge in [0.2, 0.25) is 11.8 Å². The van der Waals surface area contributed by atoms with Crippen molar-refractivity contribution in [3.63, 3.8) is 0 Å². The Balaban J connectivity index is 0.00000264. The van der Waals surface area contributed by atoms with E-state index in [1.54, 1.807) is 12.4 Å². The second kappa shape index (κ2) is 17.6. The summed E-state index contributed by atoms with van der Waals surface area (Å²) in [5.74, 6) is 0.399. The van der Waals surface area contributed by atoms with E-state index < -0.39 is 12.1 Å². The molecule has 1 aromatic heterocycles. The highest BCUT2D eigenvalue weighted by molar-refractivity contribution is 5.92. The summed E-state index contributed by atoms with van der Waals surface area (Å²) in [5.41, 5.74) is 3.62. The van der Waals surface area contributed by atoms with Crippen LogP contribution in [0.1, 0.15) is 53.9 Å². The van der Waals surface area contributed by atoms with Crippen LogP contribution in [-0.2, 0) is 22.4 Å². The van der Waals surface area contributed by atoms with Gasteiger partial charge in [0.1, 0.15) is 11.9 Å². The van der Waals surface area contributed by atoms with E-state index in [0.29, 0.717) is 18.1 Å². The minimum Gasteiger partial charge on any atom is -0.387 e. The fourth-order valence-electron chi connectivity index (χ4n) is 5.43. The van der Waals surface area contributed by atoms with Crippen LogP contribution in [0.25, 0.3) is 0 Å².